The summed E-state index contributed by atoms with van der Waals surface area (Å²) in [4.78, 5) is 2.32. The monoisotopic (exact) mass is 286 g/mol. The molecule has 2 aromatic rings. The fraction of sp³-hybridized carbons (Fsp3) is 0.471. The zero-order valence-corrected chi connectivity index (χ0v) is 13.3. The van der Waals surface area contributed by atoms with Crippen LogP contribution in [0.3, 0.4) is 0 Å². The van der Waals surface area contributed by atoms with Crippen LogP contribution in [0.25, 0.3) is 0 Å². The largest absolute Gasteiger partial charge is 0.326 e. The summed E-state index contributed by atoms with van der Waals surface area (Å²) in [5, 5.41) is 4.61. The Hall–Kier alpha value is -1.65. The Labute approximate surface area is 127 Å². The molecule has 0 unspecified atom stereocenters. The molecular formula is C17H26N4. The molecule has 1 aromatic heterocycles. The van der Waals surface area contributed by atoms with Crippen molar-refractivity contribution >= 4 is 0 Å². The van der Waals surface area contributed by atoms with E-state index in [0.717, 1.165) is 26.1 Å². The summed E-state index contributed by atoms with van der Waals surface area (Å²) in [5.41, 5.74) is 10.7. The van der Waals surface area contributed by atoms with Crippen LogP contribution >= 0.6 is 0 Å². The topological polar surface area (TPSA) is 47.1 Å². The summed E-state index contributed by atoms with van der Waals surface area (Å²) in [7, 11) is 2.15. The first-order valence-electron chi connectivity index (χ1n) is 7.68. The molecule has 2 N–H and O–H groups in total. The lowest BCUT2D eigenvalue weighted by molar-refractivity contribution is 0.307. The van der Waals surface area contributed by atoms with Gasteiger partial charge >= 0.3 is 0 Å². The Morgan fingerprint density at radius 3 is 2.57 bits per heavy atom. The molecule has 0 fully saturated rings. The van der Waals surface area contributed by atoms with Crippen LogP contribution in [0.5, 0.6) is 0 Å². The first-order chi connectivity index (χ1) is 10.2. The van der Waals surface area contributed by atoms with Crippen LogP contribution in [-0.2, 0) is 32.6 Å². The van der Waals surface area contributed by atoms with Gasteiger partial charge in [0.25, 0.3) is 0 Å². The smallest absolute Gasteiger partial charge is 0.0625 e. The highest BCUT2D eigenvalue weighted by Gasteiger charge is 2.09. The van der Waals surface area contributed by atoms with Crippen molar-refractivity contribution in [3.05, 3.63) is 52.8 Å². The molecule has 1 heterocycles. The molecule has 0 saturated heterocycles. The second kappa shape index (κ2) is 7.38. The summed E-state index contributed by atoms with van der Waals surface area (Å²) in [6.07, 6.45) is 0.988. The third-order valence-corrected chi connectivity index (χ3v) is 3.69. The fourth-order valence-electron chi connectivity index (χ4n) is 2.59. The van der Waals surface area contributed by atoms with Crippen LogP contribution in [0, 0.1) is 0 Å². The van der Waals surface area contributed by atoms with Gasteiger partial charge in [-0.3, -0.25) is 9.58 Å². The van der Waals surface area contributed by atoms with E-state index in [1.165, 1.54) is 22.5 Å². The summed E-state index contributed by atoms with van der Waals surface area (Å²) >= 11 is 0. The molecule has 0 spiro atoms. The van der Waals surface area contributed by atoms with E-state index in [2.05, 4.69) is 65.9 Å². The minimum absolute atomic E-state index is 0.597. The minimum atomic E-state index is 0.597. The predicted molar refractivity (Wildman–Crippen MR) is 86.8 cm³/mol. The first kappa shape index (κ1) is 15.7. The molecule has 0 saturated carbocycles. The van der Waals surface area contributed by atoms with E-state index in [4.69, 9.17) is 5.73 Å². The fourth-order valence-corrected chi connectivity index (χ4v) is 2.59. The zero-order chi connectivity index (χ0) is 15.2. The maximum Gasteiger partial charge on any atom is 0.0625 e. The molecule has 0 radical (unpaired) electrons. The van der Waals surface area contributed by atoms with Crippen molar-refractivity contribution in [2.45, 2.75) is 46.4 Å². The normalized spacial score (nSPS) is 11.3. The van der Waals surface area contributed by atoms with Crippen molar-refractivity contribution in [1.29, 1.82) is 0 Å². The average molecular weight is 286 g/mol. The molecule has 4 heteroatoms. The van der Waals surface area contributed by atoms with Gasteiger partial charge < -0.3 is 5.73 Å². The molecule has 0 atom stereocenters. The lowest BCUT2D eigenvalue weighted by Crippen LogP contribution is -2.19. The van der Waals surface area contributed by atoms with Crippen LogP contribution in [-0.4, -0.2) is 21.7 Å². The molecule has 0 aliphatic rings. The molecule has 0 aliphatic heterocycles. The Morgan fingerprint density at radius 2 is 1.90 bits per heavy atom. The van der Waals surface area contributed by atoms with Crippen molar-refractivity contribution < 1.29 is 0 Å². The van der Waals surface area contributed by atoms with Crippen LogP contribution in [0.1, 0.15) is 36.4 Å². The molecule has 0 bridgehead atoms. The van der Waals surface area contributed by atoms with E-state index >= 15 is 0 Å². The second-order valence-electron chi connectivity index (χ2n) is 5.49. The molecule has 0 amide bonds. The lowest BCUT2D eigenvalue weighted by atomic mass is 10.1. The molecule has 0 aliphatic carbocycles. The van der Waals surface area contributed by atoms with Crippen molar-refractivity contribution in [2.75, 3.05) is 7.05 Å². The van der Waals surface area contributed by atoms with Crippen LogP contribution in [0.4, 0.5) is 0 Å². The summed E-state index contributed by atoms with van der Waals surface area (Å²) in [6.45, 7) is 7.64. The van der Waals surface area contributed by atoms with Gasteiger partial charge in [0.1, 0.15) is 0 Å². The SMILES string of the molecule is CCc1cc(CN(C)Cc2cccc(CN)c2)n(CC)n1. The van der Waals surface area contributed by atoms with Gasteiger partial charge in [-0.15, -0.1) is 0 Å². The lowest BCUT2D eigenvalue weighted by Gasteiger charge is -2.17. The molecule has 114 valence electrons. The number of nitrogens with two attached hydrogens (primary N) is 1. The standard InChI is InChI=1S/C17H26N4/c1-4-16-10-17(21(5-2)19-16)13-20(3)12-15-8-6-7-14(9-15)11-18/h6-10H,4-5,11-13,18H2,1-3H3. The predicted octanol–water partition coefficient (Wildman–Crippen LogP) is 2.56. The van der Waals surface area contributed by atoms with Crippen LogP contribution in [0.15, 0.2) is 30.3 Å². The summed E-state index contributed by atoms with van der Waals surface area (Å²) < 4.78 is 2.10. The molecule has 4 nitrogen and oxygen atoms in total. The number of nitrogens with zero attached hydrogens (tertiary/aromatic N) is 3. The molecule has 1 aromatic carbocycles. The molecular weight excluding hydrogens is 260 g/mol. The van der Waals surface area contributed by atoms with E-state index in [-0.39, 0.29) is 0 Å². The quantitative estimate of drug-likeness (QED) is 0.851. The molecule has 21 heavy (non-hydrogen) atoms. The van der Waals surface area contributed by atoms with Gasteiger partial charge in [-0.25, -0.2) is 0 Å². The zero-order valence-electron chi connectivity index (χ0n) is 13.3. The highest BCUT2D eigenvalue weighted by atomic mass is 15.3. The van der Waals surface area contributed by atoms with Crippen molar-refractivity contribution in [1.82, 2.24) is 14.7 Å². The third kappa shape index (κ3) is 4.16. The average Bonchev–Trinajstić information content (AvgIpc) is 2.89. The highest BCUT2D eigenvalue weighted by molar-refractivity contribution is 5.23. The number of benzene rings is 1. The van der Waals surface area contributed by atoms with Gasteiger partial charge in [-0.05, 0) is 37.6 Å². The Balaban J connectivity index is 2.03. The number of aryl methyl sites for hydroxylation is 2. The van der Waals surface area contributed by atoms with E-state index in [1.54, 1.807) is 0 Å². The third-order valence-electron chi connectivity index (χ3n) is 3.69. The van der Waals surface area contributed by atoms with Gasteiger partial charge in [-0.2, -0.15) is 5.10 Å². The van der Waals surface area contributed by atoms with Crippen molar-refractivity contribution in [3.8, 4) is 0 Å². The van der Waals surface area contributed by atoms with E-state index in [1.807, 2.05) is 0 Å². The van der Waals surface area contributed by atoms with Gasteiger partial charge in [0.2, 0.25) is 0 Å². The van der Waals surface area contributed by atoms with Crippen molar-refractivity contribution in [2.24, 2.45) is 5.73 Å². The summed E-state index contributed by atoms with van der Waals surface area (Å²) in [6, 6.07) is 10.7. The number of hydrogen-bond donors (Lipinski definition) is 1. The van der Waals surface area contributed by atoms with Crippen LogP contribution < -0.4 is 5.73 Å². The van der Waals surface area contributed by atoms with E-state index in [9.17, 15) is 0 Å². The number of aromatic nitrogens is 2. The second-order valence-corrected chi connectivity index (χ2v) is 5.49. The highest BCUT2D eigenvalue weighted by Crippen LogP contribution is 2.12. The number of rotatable bonds is 7. The Morgan fingerprint density at radius 1 is 1.14 bits per heavy atom. The van der Waals surface area contributed by atoms with E-state index in [0.29, 0.717) is 6.54 Å². The summed E-state index contributed by atoms with van der Waals surface area (Å²) in [5.74, 6) is 0. The maximum atomic E-state index is 5.70. The van der Waals surface area contributed by atoms with Crippen LogP contribution in [0.2, 0.25) is 0 Å². The Kier molecular flexibility index (Phi) is 5.53. The van der Waals surface area contributed by atoms with Gasteiger partial charge in [-0.1, -0.05) is 31.2 Å². The minimum Gasteiger partial charge on any atom is -0.326 e. The first-order valence-corrected chi connectivity index (χ1v) is 7.68. The molecule has 2 rings (SSSR count). The van der Waals surface area contributed by atoms with Gasteiger partial charge in [0, 0.05) is 26.2 Å². The Bertz CT molecular complexity index is 574. The van der Waals surface area contributed by atoms with Gasteiger partial charge in [0.15, 0.2) is 0 Å². The van der Waals surface area contributed by atoms with Crippen molar-refractivity contribution in [3.63, 3.8) is 0 Å². The van der Waals surface area contributed by atoms with Gasteiger partial charge in [0.05, 0.1) is 11.4 Å². The van der Waals surface area contributed by atoms with E-state index < -0.39 is 0 Å². The maximum absolute atomic E-state index is 5.70. The number of hydrogen-bond acceptors (Lipinski definition) is 3.